The molecule has 1 saturated carbocycles. The van der Waals surface area contributed by atoms with E-state index in [1.807, 2.05) is 12.1 Å². The number of aromatic nitrogens is 2. The molecule has 1 aromatic heterocycles. The summed E-state index contributed by atoms with van der Waals surface area (Å²) in [5.41, 5.74) is 3.65. The van der Waals surface area contributed by atoms with Gasteiger partial charge in [-0.2, -0.15) is 4.31 Å². The number of aromatic amines is 1. The first-order valence-electron chi connectivity index (χ1n) is 11.7. The van der Waals surface area contributed by atoms with Gasteiger partial charge in [0.1, 0.15) is 10.7 Å². The zero-order valence-electron chi connectivity index (χ0n) is 18.4. The van der Waals surface area contributed by atoms with Crippen LogP contribution >= 0.6 is 23.2 Å². The van der Waals surface area contributed by atoms with Crippen molar-refractivity contribution < 1.29 is 13.5 Å². The lowest BCUT2D eigenvalue weighted by atomic mass is 10.0. The first kappa shape index (κ1) is 22.6. The van der Waals surface area contributed by atoms with E-state index in [4.69, 9.17) is 23.2 Å². The van der Waals surface area contributed by atoms with Crippen LogP contribution in [0.4, 0.5) is 0 Å². The van der Waals surface area contributed by atoms with Crippen LogP contribution in [0.3, 0.4) is 0 Å². The number of aliphatic hydroxyl groups excluding tert-OH is 1. The van der Waals surface area contributed by atoms with Crippen molar-refractivity contribution in [1.29, 1.82) is 0 Å². The quantitative estimate of drug-likeness (QED) is 0.460. The maximum atomic E-state index is 13.6. The van der Waals surface area contributed by atoms with Gasteiger partial charge in [-0.05, 0) is 85.9 Å². The largest absolute Gasteiger partial charge is 0.393 e. The fraction of sp³-hybridized carbons (Fsp3) is 0.400. The Morgan fingerprint density at radius 3 is 2.32 bits per heavy atom. The molecule has 2 N–H and O–H groups in total. The topological polar surface area (TPSA) is 86.3 Å². The molecule has 6 rings (SSSR count). The van der Waals surface area contributed by atoms with Crippen LogP contribution in [-0.2, 0) is 10.0 Å². The van der Waals surface area contributed by atoms with Crippen molar-refractivity contribution in [3.63, 3.8) is 0 Å². The van der Waals surface area contributed by atoms with E-state index in [0.717, 1.165) is 47.5 Å². The number of H-pyrrole nitrogens is 1. The SMILES string of the molecule is O=S(=O)(c1cc(-c2ncc(-c3ccc(Cl)c(C4CC4)c3)[nH]2)ccc1Cl)N1C2CC[C@@H]1C[C@H](O)C2. The van der Waals surface area contributed by atoms with Gasteiger partial charge in [-0.3, -0.25) is 0 Å². The predicted molar refractivity (Wildman–Crippen MR) is 133 cm³/mol. The number of nitrogens with one attached hydrogen (secondary N) is 1. The Kier molecular flexibility index (Phi) is 5.54. The van der Waals surface area contributed by atoms with Gasteiger partial charge in [-0.1, -0.05) is 29.3 Å². The van der Waals surface area contributed by atoms with Gasteiger partial charge >= 0.3 is 0 Å². The molecule has 9 heteroatoms. The van der Waals surface area contributed by atoms with E-state index in [1.165, 1.54) is 0 Å². The average Bonchev–Trinajstić information content (AvgIpc) is 3.45. The molecular formula is C25H25Cl2N3O3S. The molecule has 2 aromatic carbocycles. The number of sulfonamides is 1. The van der Waals surface area contributed by atoms with Crippen molar-refractivity contribution in [2.45, 2.75) is 67.5 Å². The highest BCUT2D eigenvalue weighted by Gasteiger charge is 2.47. The van der Waals surface area contributed by atoms with Crippen LogP contribution in [0.2, 0.25) is 10.0 Å². The third kappa shape index (κ3) is 3.88. The number of hydrogen-bond donors (Lipinski definition) is 2. The van der Waals surface area contributed by atoms with Gasteiger partial charge in [0.05, 0.1) is 23.0 Å². The summed E-state index contributed by atoms with van der Waals surface area (Å²) in [5, 5.41) is 11.1. The maximum absolute atomic E-state index is 13.6. The zero-order chi connectivity index (χ0) is 23.6. The van der Waals surface area contributed by atoms with Gasteiger partial charge in [0.25, 0.3) is 0 Å². The second-order valence-electron chi connectivity index (χ2n) is 9.65. The summed E-state index contributed by atoms with van der Waals surface area (Å²) in [6.45, 7) is 0. The number of hydrogen-bond acceptors (Lipinski definition) is 4. The monoisotopic (exact) mass is 517 g/mol. The van der Waals surface area contributed by atoms with Crippen molar-refractivity contribution in [3.8, 4) is 22.6 Å². The van der Waals surface area contributed by atoms with E-state index in [0.29, 0.717) is 30.1 Å². The van der Waals surface area contributed by atoms with Crippen molar-refractivity contribution in [2.24, 2.45) is 0 Å². The zero-order valence-corrected chi connectivity index (χ0v) is 20.7. The molecule has 34 heavy (non-hydrogen) atoms. The van der Waals surface area contributed by atoms with Gasteiger partial charge in [0.2, 0.25) is 10.0 Å². The first-order valence-corrected chi connectivity index (χ1v) is 13.9. The van der Waals surface area contributed by atoms with Crippen LogP contribution in [0.15, 0.2) is 47.5 Å². The van der Waals surface area contributed by atoms with Gasteiger partial charge < -0.3 is 10.1 Å². The summed E-state index contributed by atoms with van der Waals surface area (Å²) in [4.78, 5) is 7.93. The molecule has 3 heterocycles. The molecule has 3 aliphatic rings. The Labute approximate surface area is 209 Å². The molecule has 3 aromatic rings. The van der Waals surface area contributed by atoms with Gasteiger partial charge in [0, 0.05) is 22.7 Å². The highest BCUT2D eigenvalue weighted by molar-refractivity contribution is 7.89. The number of piperidine rings is 1. The number of aliphatic hydroxyl groups is 1. The van der Waals surface area contributed by atoms with E-state index in [1.54, 1.807) is 28.7 Å². The lowest BCUT2D eigenvalue weighted by molar-refractivity contribution is 0.0769. The smallest absolute Gasteiger partial charge is 0.245 e. The Bertz CT molecular complexity index is 1360. The minimum atomic E-state index is -3.81. The van der Waals surface area contributed by atoms with E-state index in [9.17, 15) is 13.5 Å². The molecule has 2 bridgehead atoms. The molecule has 0 spiro atoms. The van der Waals surface area contributed by atoms with Crippen LogP contribution in [0.1, 0.15) is 50.0 Å². The molecule has 1 aliphatic carbocycles. The molecule has 178 valence electrons. The summed E-state index contributed by atoms with van der Waals surface area (Å²) >= 11 is 12.8. The third-order valence-electron chi connectivity index (χ3n) is 7.30. The van der Waals surface area contributed by atoms with Crippen LogP contribution in [-0.4, -0.2) is 46.0 Å². The number of fused-ring (bicyclic) bond motifs is 2. The van der Waals surface area contributed by atoms with E-state index in [-0.39, 0.29) is 22.0 Å². The summed E-state index contributed by atoms with van der Waals surface area (Å²) in [7, 11) is -3.81. The number of imidazole rings is 1. The van der Waals surface area contributed by atoms with Crippen LogP contribution in [0.25, 0.3) is 22.6 Å². The number of benzene rings is 2. The molecule has 2 saturated heterocycles. The van der Waals surface area contributed by atoms with Crippen molar-refractivity contribution in [3.05, 3.63) is 58.2 Å². The lowest BCUT2D eigenvalue weighted by Crippen LogP contribution is -2.47. The highest BCUT2D eigenvalue weighted by Crippen LogP contribution is 2.45. The standard InChI is InChI=1S/C25H25Cl2N3O3S/c26-21-7-3-15(9-20(21)14-1-2-14)23-13-28-25(29-23)16-4-8-22(27)24(10-16)34(32,33)30-17-5-6-18(30)12-19(31)11-17/h3-4,7-10,13-14,17-19,31H,1-2,5-6,11-12H2,(H,28,29)/t17-,18?,19+/m1/s1. The van der Waals surface area contributed by atoms with E-state index < -0.39 is 16.1 Å². The second kappa shape index (κ2) is 8.35. The summed E-state index contributed by atoms with van der Waals surface area (Å²) in [5.74, 6) is 1.10. The second-order valence-corrected chi connectivity index (χ2v) is 12.3. The minimum absolute atomic E-state index is 0.0837. The fourth-order valence-electron chi connectivity index (χ4n) is 5.49. The molecular weight excluding hydrogens is 493 g/mol. The minimum Gasteiger partial charge on any atom is -0.393 e. The fourth-order valence-corrected chi connectivity index (χ4v) is 8.16. The third-order valence-corrected chi connectivity index (χ3v) is 10.1. The molecule has 3 fully saturated rings. The molecule has 0 amide bonds. The Balaban J connectivity index is 1.33. The Morgan fingerprint density at radius 2 is 1.62 bits per heavy atom. The summed E-state index contributed by atoms with van der Waals surface area (Å²) in [6, 6.07) is 10.6. The molecule has 0 radical (unpaired) electrons. The van der Waals surface area contributed by atoms with Crippen LogP contribution in [0.5, 0.6) is 0 Å². The summed E-state index contributed by atoms with van der Waals surface area (Å²) < 4.78 is 28.9. The molecule has 1 unspecified atom stereocenters. The van der Waals surface area contributed by atoms with Crippen LogP contribution in [0, 0.1) is 0 Å². The van der Waals surface area contributed by atoms with Crippen LogP contribution < -0.4 is 0 Å². The van der Waals surface area contributed by atoms with E-state index in [2.05, 4.69) is 16.0 Å². The Morgan fingerprint density at radius 1 is 0.941 bits per heavy atom. The summed E-state index contributed by atoms with van der Waals surface area (Å²) in [6.07, 6.45) is 6.11. The van der Waals surface area contributed by atoms with Gasteiger partial charge in [-0.15, -0.1) is 0 Å². The van der Waals surface area contributed by atoms with Crippen molar-refractivity contribution in [1.82, 2.24) is 14.3 Å². The van der Waals surface area contributed by atoms with Gasteiger partial charge in [0.15, 0.2) is 0 Å². The normalized spacial score (nSPS) is 25.1. The number of halogens is 2. The van der Waals surface area contributed by atoms with Gasteiger partial charge in [-0.25, -0.2) is 13.4 Å². The average molecular weight is 518 g/mol. The van der Waals surface area contributed by atoms with Crippen molar-refractivity contribution >= 4 is 33.2 Å². The Hall–Kier alpha value is -1.90. The predicted octanol–water partition coefficient (Wildman–Crippen LogP) is 5.60. The molecule has 6 nitrogen and oxygen atoms in total. The number of rotatable bonds is 5. The molecule has 2 aliphatic heterocycles. The van der Waals surface area contributed by atoms with Crippen molar-refractivity contribution in [2.75, 3.05) is 0 Å². The lowest BCUT2D eigenvalue weighted by Gasteiger charge is -2.36. The highest BCUT2D eigenvalue weighted by atomic mass is 35.5. The first-order chi connectivity index (χ1) is 16.3. The number of nitrogens with zero attached hydrogens (tertiary/aromatic N) is 2. The van der Waals surface area contributed by atoms with E-state index >= 15 is 0 Å². The molecule has 3 atom stereocenters. The maximum Gasteiger partial charge on any atom is 0.245 e.